The second kappa shape index (κ2) is 8.06. The molecule has 0 spiro atoms. The van der Waals surface area contributed by atoms with Crippen molar-refractivity contribution in [1.82, 2.24) is 10.3 Å². The zero-order chi connectivity index (χ0) is 17.5. The van der Waals surface area contributed by atoms with Gasteiger partial charge in [0.25, 0.3) is 5.91 Å². The number of ether oxygens (including phenoxy) is 1. The van der Waals surface area contributed by atoms with Crippen LogP contribution in [0.2, 0.25) is 0 Å². The lowest BCUT2D eigenvalue weighted by Gasteiger charge is -2.09. The molecule has 4 nitrogen and oxygen atoms in total. The third kappa shape index (κ3) is 4.88. The minimum Gasteiger partial charge on any atom is -0.489 e. The van der Waals surface area contributed by atoms with Gasteiger partial charge in [0, 0.05) is 24.5 Å². The maximum absolute atomic E-state index is 12.9. The molecule has 1 amide bonds. The molecule has 1 heterocycles. The second-order valence-corrected chi connectivity index (χ2v) is 5.49. The quantitative estimate of drug-likeness (QED) is 0.746. The van der Waals surface area contributed by atoms with Crippen LogP contribution in [0.1, 0.15) is 21.5 Å². The maximum atomic E-state index is 12.9. The summed E-state index contributed by atoms with van der Waals surface area (Å²) in [7, 11) is 0. The van der Waals surface area contributed by atoms with Crippen LogP contribution in [-0.4, -0.2) is 10.9 Å². The minimum absolute atomic E-state index is 0.184. The van der Waals surface area contributed by atoms with Gasteiger partial charge in [0.05, 0.1) is 0 Å². The fraction of sp³-hybridized carbons (Fsp3) is 0.100. The number of amides is 1. The number of hydrogen-bond donors (Lipinski definition) is 1. The number of halogens is 1. The molecule has 0 saturated carbocycles. The Balaban J connectivity index is 1.58. The van der Waals surface area contributed by atoms with Crippen molar-refractivity contribution in [2.24, 2.45) is 0 Å². The maximum Gasteiger partial charge on any atom is 0.251 e. The fourth-order valence-electron chi connectivity index (χ4n) is 2.26. The third-order valence-electron chi connectivity index (χ3n) is 3.59. The number of pyridine rings is 1. The Labute approximate surface area is 145 Å². The van der Waals surface area contributed by atoms with E-state index in [0.29, 0.717) is 24.5 Å². The van der Waals surface area contributed by atoms with E-state index in [9.17, 15) is 9.18 Å². The van der Waals surface area contributed by atoms with Crippen LogP contribution < -0.4 is 10.1 Å². The molecule has 0 saturated heterocycles. The Morgan fingerprint density at radius 2 is 1.88 bits per heavy atom. The van der Waals surface area contributed by atoms with Crippen molar-refractivity contribution in [1.29, 1.82) is 0 Å². The molecule has 0 aliphatic carbocycles. The van der Waals surface area contributed by atoms with Gasteiger partial charge in [0.1, 0.15) is 18.2 Å². The molecule has 1 N–H and O–H groups in total. The third-order valence-corrected chi connectivity index (χ3v) is 3.59. The summed E-state index contributed by atoms with van der Waals surface area (Å²) in [5.74, 6) is 0.116. The summed E-state index contributed by atoms with van der Waals surface area (Å²) in [5, 5.41) is 2.85. The number of aromatic nitrogens is 1. The molecule has 2 aromatic carbocycles. The topological polar surface area (TPSA) is 51.2 Å². The first kappa shape index (κ1) is 16.6. The van der Waals surface area contributed by atoms with E-state index in [4.69, 9.17) is 4.74 Å². The molecule has 0 aliphatic rings. The zero-order valence-corrected chi connectivity index (χ0v) is 13.5. The Kier molecular flexibility index (Phi) is 5.36. The number of rotatable bonds is 6. The van der Waals surface area contributed by atoms with Gasteiger partial charge in [-0.25, -0.2) is 4.39 Å². The highest BCUT2D eigenvalue weighted by Gasteiger charge is 2.07. The van der Waals surface area contributed by atoms with Gasteiger partial charge in [0.2, 0.25) is 0 Å². The van der Waals surface area contributed by atoms with Crippen LogP contribution in [0, 0.1) is 5.82 Å². The van der Waals surface area contributed by atoms with Crippen molar-refractivity contribution in [2.45, 2.75) is 13.2 Å². The number of hydrogen-bond acceptors (Lipinski definition) is 3. The average molecular weight is 336 g/mol. The second-order valence-electron chi connectivity index (χ2n) is 5.49. The lowest BCUT2D eigenvalue weighted by molar-refractivity contribution is 0.0950. The first-order chi connectivity index (χ1) is 12.2. The van der Waals surface area contributed by atoms with E-state index in [-0.39, 0.29) is 11.7 Å². The Morgan fingerprint density at radius 3 is 2.64 bits per heavy atom. The highest BCUT2D eigenvalue weighted by molar-refractivity contribution is 5.94. The molecule has 5 heteroatoms. The van der Waals surface area contributed by atoms with Crippen LogP contribution in [0.15, 0.2) is 73.1 Å². The summed E-state index contributed by atoms with van der Waals surface area (Å²) >= 11 is 0. The molecule has 1 aromatic heterocycles. The van der Waals surface area contributed by atoms with E-state index >= 15 is 0 Å². The number of carbonyl (C=O) groups is 1. The van der Waals surface area contributed by atoms with Gasteiger partial charge in [-0.15, -0.1) is 0 Å². The van der Waals surface area contributed by atoms with Crippen molar-refractivity contribution in [3.63, 3.8) is 0 Å². The van der Waals surface area contributed by atoms with Gasteiger partial charge in [-0.3, -0.25) is 9.78 Å². The van der Waals surface area contributed by atoms with Crippen LogP contribution >= 0.6 is 0 Å². The molecular weight excluding hydrogens is 319 g/mol. The Bertz CT molecular complexity index is 836. The van der Waals surface area contributed by atoms with Crippen molar-refractivity contribution < 1.29 is 13.9 Å². The van der Waals surface area contributed by atoms with Crippen LogP contribution in [0.5, 0.6) is 5.75 Å². The highest BCUT2D eigenvalue weighted by Crippen LogP contribution is 2.15. The molecule has 0 atom stereocenters. The standard InChI is InChI=1S/C20H17FN2O2/c21-18-8-6-15(7-9-18)14-25-19-5-1-4-17(11-19)20(24)23-13-16-3-2-10-22-12-16/h1-12H,13-14H2,(H,23,24). The summed E-state index contributed by atoms with van der Waals surface area (Å²) in [5.41, 5.74) is 2.30. The predicted octanol–water partition coefficient (Wildman–Crippen LogP) is 3.73. The molecule has 3 aromatic rings. The van der Waals surface area contributed by atoms with Gasteiger partial charge in [-0.1, -0.05) is 24.3 Å². The molecule has 0 aliphatic heterocycles. The summed E-state index contributed by atoms with van der Waals surface area (Å²) in [4.78, 5) is 16.3. The summed E-state index contributed by atoms with van der Waals surface area (Å²) in [6, 6.07) is 16.8. The van der Waals surface area contributed by atoms with Gasteiger partial charge in [0.15, 0.2) is 0 Å². The number of benzene rings is 2. The van der Waals surface area contributed by atoms with E-state index < -0.39 is 0 Å². The Hall–Kier alpha value is -3.21. The minimum atomic E-state index is -0.281. The monoisotopic (exact) mass is 336 g/mol. The van der Waals surface area contributed by atoms with Gasteiger partial charge in [-0.05, 0) is 47.5 Å². The van der Waals surface area contributed by atoms with Crippen LogP contribution in [0.25, 0.3) is 0 Å². The molecule has 25 heavy (non-hydrogen) atoms. The molecular formula is C20H17FN2O2. The van der Waals surface area contributed by atoms with E-state index in [1.165, 1.54) is 12.1 Å². The van der Waals surface area contributed by atoms with E-state index in [0.717, 1.165) is 11.1 Å². The van der Waals surface area contributed by atoms with Crippen molar-refractivity contribution in [3.8, 4) is 5.75 Å². The van der Waals surface area contributed by atoms with Crippen LogP contribution in [0.4, 0.5) is 4.39 Å². The van der Waals surface area contributed by atoms with Crippen molar-refractivity contribution >= 4 is 5.91 Å². The van der Waals surface area contributed by atoms with Crippen molar-refractivity contribution in [3.05, 3.63) is 95.6 Å². The predicted molar refractivity (Wildman–Crippen MR) is 92.6 cm³/mol. The van der Waals surface area contributed by atoms with Gasteiger partial charge in [-0.2, -0.15) is 0 Å². The van der Waals surface area contributed by atoms with E-state index in [1.807, 2.05) is 12.1 Å². The largest absolute Gasteiger partial charge is 0.489 e. The molecule has 0 unspecified atom stereocenters. The van der Waals surface area contributed by atoms with E-state index in [2.05, 4.69) is 10.3 Å². The van der Waals surface area contributed by atoms with E-state index in [1.54, 1.807) is 48.8 Å². The normalized spacial score (nSPS) is 10.3. The lowest BCUT2D eigenvalue weighted by Crippen LogP contribution is -2.22. The van der Waals surface area contributed by atoms with Gasteiger partial charge < -0.3 is 10.1 Å². The Morgan fingerprint density at radius 1 is 1.04 bits per heavy atom. The number of carbonyl (C=O) groups excluding carboxylic acids is 1. The number of nitrogens with zero attached hydrogens (tertiary/aromatic N) is 1. The summed E-state index contributed by atoms with van der Waals surface area (Å²) < 4.78 is 18.6. The molecule has 3 rings (SSSR count). The van der Waals surface area contributed by atoms with Crippen LogP contribution in [-0.2, 0) is 13.2 Å². The molecule has 0 bridgehead atoms. The highest BCUT2D eigenvalue weighted by atomic mass is 19.1. The van der Waals surface area contributed by atoms with Crippen molar-refractivity contribution in [2.75, 3.05) is 0 Å². The average Bonchev–Trinajstić information content (AvgIpc) is 2.67. The smallest absolute Gasteiger partial charge is 0.251 e. The first-order valence-corrected chi connectivity index (χ1v) is 7.85. The first-order valence-electron chi connectivity index (χ1n) is 7.85. The van der Waals surface area contributed by atoms with Crippen LogP contribution in [0.3, 0.4) is 0 Å². The summed E-state index contributed by atoms with van der Waals surface area (Å²) in [6.07, 6.45) is 3.40. The molecule has 0 fully saturated rings. The molecule has 126 valence electrons. The number of nitrogens with one attached hydrogen (secondary N) is 1. The fourth-order valence-corrected chi connectivity index (χ4v) is 2.26. The SMILES string of the molecule is O=C(NCc1cccnc1)c1cccc(OCc2ccc(F)cc2)c1. The summed E-state index contributed by atoms with van der Waals surface area (Å²) in [6.45, 7) is 0.717. The molecule has 0 radical (unpaired) electrons. The van der Waals surface area contributed by atoms with Gasteiger partial charge >= 0.3 is 0 Å². The zero-order valence-electron chi connectivity index (χ0n) is 13.5. The lowest BCUT2D eigenvalue weighted by atomic mass is 10.2.